The number of primary amides is 1. The van der Waals surface area contributed by atoms with Gasteiger partial charge < -0.3 is 40.6 Å². The van der Waals surface area contributed by atoms with Crippen LogP contribution in [0.2, 0.25) is 0 Å². The number of carbonyl (C=O) groups is 1. The van der Waals surface area contributed by atoms with Gasteiger partial charge in [0.15, 0.2) is 17.2 Å². The van der Waals surface area contributed by atoms with Crippen molar-refractivity contribution in [2.75, 3.05) is 41.8 Å². The lowest BCUT2D eigenvalue weighted by molar-refractivity contribution is 0.0996. The number of nitrogens with zero attached hydrogens (tertiary/aromatic N) is 2. The van der Waals surface area contributed by atoms with Crippen LogP contribution in [0.25, 0.3) is 22.3 Å². The zero-order valence-electron chi connectivity index (χ0n) is 21.3. The van der Waals surface area contributed by atoms with Gasteiger partial charge in [0.2, 0.25) is 11.0 Å². The van der Waals surface area contributed by atoms with Crippen LogP contribution < -0.4 is 32.4 Å². The SMILES string of the molecule is NC(=O)c1ncc(N[C@H]2CCCC[C@H]2N)cc1Nc1cc(-c2coc3c(=O)cc(N4CCOCC4)oc23)cs1. The van der Waals surface area contributed by atoms with Crippen LogP contribution in [-0.4, -0.2) is 49.3 Å². The molecule has 39 heavy (non-hydrogen) atoms. The molecule has 1 aliphatic carbocycles. The Kier molecular flexibility index (Phi) is 6.98. The maximum atomic E-state index is 12.7. The summed E-state index contributed by atoms with van der Waals surface area (Å²) in [6.07, 6.45) is 7.35. The average molecular weight is 551 g/mol. The average Bonchev–Trinajstić information content (AvgIpc) is 3.58. The van der Waals surface area contributed by atoms with Crippen molar-refractivity contribution in [2.24, 2.45) is 11.5 Å². The predicted molar refractivity (Wildman–Crippen MR) is 151 cm³/mol. The molecule has 1 saturated carbocycles. The molecule has 0 unspecified atom stereocenters. The predicted octanol–water partition coefficient (Wildman–Crippen LogP) is 3.87. The molecular formula is C27H30N6O5S. The number of fused-ring (bicyclic) bond motifs is 1. The highest BCUT2D eigenvalue weighted by Gasteiger charge is 2.23. The number of furan rings is 1. The van der Waals surface area contributed by atoms with Crippen LogP contribution in [0.5, 0.6) is 0 Å². The van der Waals surface area contributed by atoms with E-state index in [-0.39, 0.29) is 28.8 Å². The van der Waals surface area contributed by atoms with Gasteiger partial charge >= 0.3 is 0 Å². The number of rotatable bonds is 7. The fraction of sp³-hybridized carbons (Fsp3) is 0.370. The maximum Gasteiger partial charge on any atom is 0.269 e. The summed E-state index contributed by atoms with van der Waals surface area (Å²) in [6, 6.07) is 5.40. The second-order valence-corrected chi connectivity index (χ2v) is 10.8. The molecule has 1 aliphatic heterocycles. The van der Waals surface area contributed by atoms with Gasteiger partial charge in [-0.05, 0) is 25.0 Å². The first-order valence-electron chi connectivity index (χ1n) is 13.0. The molecule has 204 valence electrons. The molecule has 4 aromatic heterocycles. The molecule has 0 radical (unpaired) electrons. The molecule has 2 aliphatic rings. The Bertz CT molecular complexity index is 1560. The number of nitrogens with one attached hydrogen (secondary N) is 2. The van der Waals surface area contributed by atoms with Crippen LogP contribution in [0.4, 0.5) is 22.3 Å². The van der Waals surface area contributed by atoms with Crippen LogP contribution >= 0.6 is 11.3 Å². The van der Waals surface area contributed by atoms with E-state index in [1.807, 2.05) is 22.4 Å². The number of pyridine rings is 1. The van der Waals surface area contributed by atoms with Gasteiger partial charge in [-0.25, -0.2) is 4.98 Å². The maximum absolute atomic E-state index is 12.7. The number of thiophene rings is 1. The number of hydrogen-bond acceptors (Lipinski definition) is 11. The fourth-order valence-electron chi connectivity index (χ4n) is 5.13. The molecule has 6 rings (SSSR count). The van der Waals surface area contributed by atoms with Crippen LogP contribution in [0.15, 0.2) is 49.7 Å². The normalized spacial score (nSPS) is 19.8. The molecule has 0 aromatic carbocycles. The van der Waals surface area contributed by atoms with Crippen molar-refractivity contribution < 1.29 is 18.4 Å². The third kappa shape index (κ3) is 5.22. The van der Waals surface area contributed by atoms with Gasteiger partial charge in [-0.1, -0.05) is 12.8 Å². The number of morpholine rings is 1. The molecule has 6 N–H and O–H groups in total. The summed E-state index contributed by atoms with van der Waals surface area (Å²) in [5.74, 6) is -0.139. The molecule has 0 spiro atoms. The highest BCUT2D eigenvalue weighted by Crippen LogP contribution is 2.37. The third-order valence-electron chi connectivity index (χ3n) is 7.21. The summed E-state index contributed by atoms with van der Waals surface area (Å²) in [4.78, 5) is 31.2. The minimum Gasteiger partial charge on any atom is -0.456 e. The van der Waals surface area contributed by atoms with Crippen LogP contribution in [-0.2, 0) is 4.74 Å². The van der Waals surface area contributed by atoms with Crippen molar-refractivity contribution in [1.29, 1.82) is 0 Å². The van der Waals surface area contributed by atoms with Gasteiger partial charge in [0.05, 0.1) is 47.4 Å². The molecular weight excluding hydrogens is 520 g/mol. The van der Waals surface area contributed by atoms with E-state index < -0.39 is 5.91 Å². The number of amides is 1. The third-order valence-corrected chi connectivity index (χ3v) is 8.06. The van der Waals surface area contributed by atoms with E-state index in [4.69, 9.17) is 25.0 Å². The van der Waals surface area contributed by atoms with Crippen molar-refractivity contribution in [3.63, 3.8) is 0 Å². The molecule has 1 saturated heterocycles. The summed E-state index contributed by atoms with van der Waals surface area (Å²) in [5.41, 5.74) is 15.1. The quantitative estimate of drug-likeness (QED) is 0.266. The first-order valence-corrected chi connectivity index (χ1v) is 13.9. The van der Waals surface area contributed by atoms with E-state index in [9.17, 15) is 9.59 Å². The zero-order valence-corrected chi connectivity index (χ0v) is 22.1. The molecule has 2 fully saturated rings. The summed E-state index contributed by atoms with van der Waals surface area (Å²) in [6.45, 7) is 2.44. The molecule has 0 bridgehead atoms. The lowest BCUT2D eigenvalue weighted by Crippen LogP contribution is -2.42. The molecule has 2 atom stereocenters. The number of aromatic nitrogens is 1. The Balaban J connectivity index is 1.28. The Morgan fingerprint density at radius 2 is 1.95 bits per heavy atom. The molecule has 12 heteroatoms. The van der Waals surface area contributed by atoms with Crippen molar-refractivity contribution in [3.8, 4) is 11.1 Å². The van der Waals surface area contributed by atoms with E-state index in [2.05, 4.69) is 15.6 Å². The van der Waals surface area contributed by atoms with Crippen molar-refractivity contribution in [3.05, 3.63) is 52.0 Å². The van der Waals surface area contributed by atoms with E-state index in [1.165, 1.54) is 23.7 Å². The Morgan fingerprint density at radius 1 is 1.13 bits per heavy atom. The van der Waals surface area contributed by atoms with E-state index in [1.54, 1.807) is 6.20 Å². The number of nitrogens with two attached hydrogens (primary N) is 2. The lowest BCUT2D eigenvalue weighted by atomic mass is 9.91. The van der Waals surface area contributed by atoms with Gasteiger partial charge in [0.25, 0.3) is 5.91 Å². The van der Waals surface area contributed by atoms with Crippen LogP contribution in [0.1, 0.15) is 36.2 Å². The lowest BCUT2D eigenvalue weighted by Gasteiger charge is -2.30. The largest absolute Gasteiger partial charge is 0.456 e. The zero-order chi connectivity index (χ0) is 26.9. The summed E-state index contributed by atoms with van der Waals surface area (Å²) in [5, 5.41) is 9.43. The van der Waals surface area contributed by atoms with Gasteiger partial charge in [0, 0.05) is 36.1 Å². The highest BCUT2D eigenvalue weighted by atomic mass is 32.1. The fourth-order valence-corrected chi connectivity index (χ4v) is 5.95. The molecule has 4 aromatic rings. The standard InChI is InChI=1S/C27H30N6O5S/c28-18-3-1-2-4-19(18)31-16-10-20(24(27(29)35)30-12-16)32-22-9-15(14-39-22)17-13-37-26-21(34)11-23(38-25(17)26)33-5-7-36-8-6-33/h9-14,18-19,31-32H,1-8,28H2,(H2,29,35)/t18-,19+/m1/s1. The minimum absolute atomic E-state index is 0.0689. The number of hydrogen-bond donors (Lipinski definition) is 4. The molecule has 1 amide bonds. The van der Waals surface area contributed by atoms with E-state index >= 15 is 0 Å². The van der Waals surface area contributed by atoms with Gasteiger partial charge in [-0.2, -0.15) is 0 Å². The molecule has 5 heterocycles. The second kappa shape index (κ2) is 10.7. The van der Waals surface area contributed by atoms with Crippen LogP contribution in [0, 0.1) is 0 Å². The minimum atomic E-state index is -0.631. The Hall–Kier alpha value is -3.87. The second-order valence-electron chi connectivity index (χ2n) is 9.86. The topological polar surface area (TPSA) is 162 Å². The number of ether oxygens (including phenoxy) is 1. The number of carbonyl (C=O) groups excluding carboxylic acids is 1. The summed E-state index contributed by atoms with van der Waals surface area (Å²) >= 11 is 1.43. The Labute approximate surface area is 228 Å². The summed E-state index contributed by atoms with van der Waals surface area (Å²) in [7, 11) is 0. The van der Waals surface area contributed by atoms with Gasteiger partial charge in [-0.3, -0.25) is 9.59 Å². The highest BCUT2D eigenvalue weighted by molar-refractivity contribution is 7.14. The van der Waals surface area contributed by atoms with Crippen molar-refractivity contribution >= 4 is 50.7 Å². The first-order chi connectivity index (χ1) is 19.0. The first kappa shape index (κ1) is 25.4. The smallest absolute Gasteiger partial charge is 0.269 e. The van der Waals surface area contributed by atoms with Gasteiger partial charge in [0.1, 0.15) is 6.26 Å². The van der Waals surface area contributed by atoms with Crippen molar-refractivity contribution in [2.45, 2.75) is 37.8 Å². The number of anilines is 4. The summed E-state index contributed by atoms with van der Waals surface area (Å²) < 4.78 is 17.2. The van der Waals surface area contributed by atoms with Crippen LogP contribution in [0.3, 0.4) is 0 Å². The van der Waals surface area contributed by atoms with Crippen molar-refractivity contribution in [1.82, 2.24) is 4.98 Å². The van der Waals surface area contributed by atoms with E-state index in [0.29, 0.717) is 49.0 Å². The monoisotopic (exact) mass is 550 g/mol. The van der Waals surface area contributed by atoms with Gasteiger partial charge in [-0.15, -0.1) is 11.3 Å². The molecule has 11 nitrogen and oxygen atoms in total. The van der Waals surface area contributed by atoms with E-state index in [0.717, 1.165) is 41.9 Å². The Morgan fingerprint density at radius 3 is 2.74 bits per heavy atom.